The molecule has 0 aromatic heterocycles. The number of likely N-dealkylation sites (tertiary alicyclic amines) is 1. The van der Waals surface area contributed by atoms with Gasteiger partial charge in [0.05, 0.1) is 0 Å². The number of rotatable bonds is 5. The van der Waals surface area contributed by atoms with Crippen molar-refractivity contribution in [1.82, 2.24) is 9.80 Å². The van der Waals surface area contributed by atoms with Crippen molar-refractivity contribution in [1.29, 1.82) is 0 Å². The minimum Gasteiger partial charge on any atom is -0.338 e. The monoisotopic (exact) mass is 408 g/mol. The van der Waals surface area contributed by atoms with E-state index in [1.54, 1.807) is 12.1 Å². The van der Waals surface area contributed by atoms with Crippen LogP contribution in [0.5, 0.6) is 0 Å². The van der Waals surface area contributed by atoms with Gasteiger partial charge in [-0.05, 0) is 62.6 Å². The Kier molecular flexibility index (Phi) is 6.52. The van der Waals surface area contributed by atoms with Gasteiger partial charge in [-0.25, -0.2) is 4.39 Å². The highest BCUT2D eigenvalue weighted by Gasteiger charge is 2.37. The first-order chi connectivity index (χ1) is 14.5. The van der Waals surface area contributed by atoms with E-state index in [4.69, 9.17) is 0 Å². The quantitative estimate of drug-likeness (QED) is 0.674. The molecule has 1 saturated heterocycles. The fraction of sp³-hybridized carbons (Fsp3) is 0.500. The number of hydrogen-bond donors (Lipinski definition) is 0. The van der Waals surface area contributed by atoms with Gasteiger partial charge in [-0.2, -0.15) is 0 Å². The van der Waals surface area contributed by atoms with Gasteiger partial charge in [-0.3, -0.25) is 4.79 Å². The second-order valence-electron chi connectivity index (χ2n) is 9.23. The topological polar surface area (TPSA) is 23.6 Å². The van der Waals surface area contributed by atoms with Gasteiger partial charge >= 0.3 is 0 Å². The van der Waals surface area contributed by atoms with Crippen molar-refractivity contribution in [3.8, 4) is 0 Å². The van der Waals surface area contributed by atoms with Gasteiger partial charge < -0.3 is 9.80 Å². The molecule has 4 rings (SSSR count). The molecule has 0 N–H and O–H groups in total. The fourth-order valence-electron chi connectivity index (χ4n) is 5.23. The summed E-state index contributed by atoms with van der Waals surface area (Å²) in [4.78, 5) is 17.6. The molecular formula is C26H33FN2O. The molecule has 0 spiro atoms. The first-order valence-electron chi connectivity index (χ1n) is 11.3. The number of nitrogens with zero attached hydrogens (tertiary/aromatic N) is 2. The van der Waals surface area contributed by atoms with Gasteiger partial charge in [0, 0.05) is 37.2 Å². The molecule has 0 radical (unpaired) electrons. The van der Waals surface area contributed by atoms with Crippen molar-refractivity contribution in [3.05, 3.63) is 71.0 Å². The summed E-state index contributed by atoms with van der Waals surface area (Å²) in [5.74, 6) is 0.442. The zero-order valence-corrected chi connectivity index (χ0v) is 18.2. The Morgan fingerprint density at radius 2 is 1.67 bits per heavy atom. The molecule has 1 heterocycles. The van der Waals surface area contributed by atoms with Gasteiger partial charge in [-0.15, -0.1) is 0 Å². The van der Waals surface area contributed by atoms with Gasteiger partial charge in [-0.1, -0.05) is 49.1 Å². The zero-order chi connectivity index (χ0) is 21.1. The molecule has 4 heteroatoms. The third kappa shape index (κ3) is 4.75. The van der Waals surface area contributed by atoms with Crippen LogP contribution in [0.25, 0.3) is 0 Å². The van der Waals surface area contributed by atoms with Gasteiger partial charge in [0.1, 0.15) is 5.82 Å². The molecule has 0 bridgehead atoms. The Morgan fingerprint density at radius 1 is 1.00 bits per heavy atom. The molecule has 160 valence electrons. The largest absolute Gasteiger partial charge is 0.338 e. The van der Waals surface area contributed by atoms with Crippen LogP contribution in [0, 0.1) is 18.7 Å². The van der Waals surface area contributed by atoms with Gasteiger partial charge in [0.2, 0.25) is 0 Å². The molecule has 2 unspecified atom stereocenters. The lowest BCUT2D eigenvalue weighted by molar-refractivity contribution is 0.0780. The molecule has 1 amide bonds. The second kappa shape index (κ2) is 9.30. The Bertz CT molecular complexity index is 842. The minimum absolute atomic E-state index is 0.00920. The van der Waals surface area contributed by atoms with Crippen LogP contribution in [-0.4, -0.2) is 48.4 Å². The van der Waals surface area contributed by atoms with E-state index in [1.807, 2.05) is 4.90 Å². The zero-order valence-electron chi connectivity index (χ0n) is 18.2. The van der Waals surface area contributed by atoms with E-state index in [0.29, 0.717) is 23.4 Å². The highest BCUT2D eigenvalue weighted by molar-refractivity contribution is 5.94. The van der Waals surface area contributed by atoms with Crippen LogP contribution in [-0.2, 0) is 0 Å². The molecule has 1 saturated carbocycles. The third-order valence-electron chi connectivity index (χ3n) is 7.05. The van der Waals surface area contributed by atoms with Crippen LogP contribution in [0.1, 0.15) is 59.5 Å². The van der Waals surface area contributed by atoms with Crippen molar-refractivity contribution in [2.24, 2.45) is 5.92 Å². The predicted molar refractivity (Wildman–Crippen MR) is 119 cm³/mol. The molecule has 2 aliphatic rings. The van der Waals surface area contributed by atoms with E-state index in [1.165, 1.54) is 55.4 Å². The molecule has 1 aliphatic heterocycles. The molecule has 1 aliphatic carbocycles. The maximum atomic E-state index is 13.3. The van der Waals surface area contributed by atoms with E-state index < -0.39 is 0 Å². The highest BCUT2D eigenvalue weighted by atomic mass is 19.1. The number of aryl methyl sites for hydroxylation is 1. The normalized spacial score (nSPS) is 22.6. The lowest BCUT2D eigenvalue weighted by Gasteiger charge is -2.34. The average Bonchev–Trinajstić information content (AvgIpc) is 3.18. The first-order valence-corrected chi connectivity index (χ1v) is 11.3. The highest BCUT2D eigenvalue weighted by Crippen LogP contribution is 2.35. The van der Waals surface area contributed by atoms with Crippen molar-refractivity contribution >= 4 is 5.91 Å². The number of carbonyl (C=O) groups is 1. The maximum absolute atomic E-state index is 13.3. The van der Waals surface area contributed by atoms with E-state index in [0.717, 1.165) is 19.6 Å². The van der Waals surface area contributed by atoms with E-state index >= 15 is 0 Å². The summed E-state index contributed by atoms with van der Waals surface area (Å²) in [5.41, 5.74) is 3.14. The molecular weight excluding hydrogens is 375 g/mol. The summed E-state index contributed by atoms with van der Waals surface area (Å²) in [7, 11) is 2.26. The molecule has 2 fully saturated rings. The van der Waals surface area contributed by atoms with E-state index in [2.05, 4.69) is 43.1 Å². The van der Waals surface area contributed by atoms with Crippen LogP contribution in [0.4, 0.5) is 4.39 Å². The van der Waals surface area contributed by atoms with Gasteiger partial charge in [0.15, 0.2) is 0 Å². The van der Waals surface area contributed by atoms with Gasteiger partial charge in [0.25, 0.3) is 5.91 Å². The number of amides is 1. The summed E-state index contributed by atoms with van der Waals surface area (Å²) in [6.07, 6.45) is 6.60. The Balaban J connectivity index is 1.52. The van der Waals surface area contributed by atoms with Crippen molar-refractivity contribution in [3.63, 3.8) is 0 Å². The van der Waals surface area contributed by atoms with Crippen molar-refractivity contribution in [2.45, 2.75) is 51.0 Å². The first kappa shape index (κ1) is 21.0. The lowest BCUT2D eigenvalue weighted by Crippen LogP contribution is -2.38. The smallest absolute Gasteiger partial charge is 0.253 e. The molecule has 30 heavy (non-hydrogen) atoms. The maximum Gasteiger partial charge on any atom is 0.253 e. The second-order valence-corrected chi connectivity index (χ2v) is 9.23. The number of benzene rings is 2. The number of carbonyl (C=O) groups excluding carboxylic acids is 1. The molecule has 3 nitrogen and oxygen atoms in total. The summed E-state index contributed by atoms with van der Waals surface area (Å²) in [6.45, 7) is 4.60. The van der Waals surface area contributed by atoms with Crippen LogP contribution < -0.4 is 0 Å². The van der Waals surface area contributed by atoms with Crippen LogP contribution in [0.15, 0.2) is 48.5 Å². The molecule has 2 aromatic rings. The van der Waals surface area contributed by atoms with E-state index in [-0.39, 0.29) is 11.7 Å². The minimum atomic E-state index is -0.308. The summed E-state index contributed by atoms with van der Waals surface area (Å²) >= 11 is 0. The van der Waals surface area contributed by atoms with Crippen molar-refractivity contribution < 1.29 is 9.18 Å². The van der Waals surface area contributed by atoms with Crippen LogP contribution >= 0.6 is 0 Å². The number of halogens is 1. The summed E-state index contributed by atoms with van der Waals surface area (Å²) in [5, 5.41) is 0. The predicted octanol–water partition coefficient (Wildman–Crippen LogP) is 5.25. The SMILES string of the molecule is Cc1ccc(C2CN(C(=O)c3ccc(F)cc3)CC2CN(C)C2CCCCC2)cc1. The van der Waals surface area contributed by atoms with E-state index in [9.17, 15) is 9.18 Å². The fourth-order valence-corrected chi connectivity index (χ4v) is 5.23. The average molecular weight is 409 g/mol. The molecule has 2 atom stereocenters. The summed E-state index contributed by atoms with van der Waals surface area (Å²) in [6, 6.07) is 15.4. The van der Waals surface area contributed by atoms with Crippen LogP contribution in [0.3, 0.4) is 0 Å². The Morgan fingerprint density at radius 3 is 2.33 bits per heavy atom. The van der Waals surface area contributed by atoms with Crippen LogP contribution in [0.2, 0.25) is 0 Å². The number of hydrogen-bond acceptors (Lipinski definition) is 2. The molecule has 2 aromatic carbocycles. The Hall–Kier alpha value is -2.20. The third-order valence-corrected chi connectivity index (χ3v) is 7.05. The summed E-state index contributed by atoms with van der Waals surface area (Å²) < 4.78 is 13.3. The lowest BCUT2D eigenvalue weighted by atomic mass is 9.87. The van der Waals surface area contributed by atoms with Crippen molar-refractivity contribution in [2.75, 3.05) is 26.7 Å². The standard InChI is InChI=1S/C26H33FN2O/c1-19-8-10-20(11-9-19)25-18-29(26(30)21-12-14-23(27)15-13-21)17-22(25)16-28(2)24-6-4-3-5-7-24/h8-15,22,24-25H,3-7,16-18H2,1-2H3. The Labute approximate surface area is 179 Å².